The number of rotatable bonds is 9. The Morgan fingerprint density at radius 2 is 2.00 bits per heavy atom. The van der Waals surface area contributed by atoms with Crippen LogP contribution < -0.4 is 9.47 Å². The Kier molecular flexibility index (Phi) is 8.16. The number of hydrogen-bond donors (Lipinski definition) is 0. The number of unbranched alkanes of at least 4 members (excludes halogenated alkanes) is 1. The summed E-state index contributed by atoms with van der Waals surface area (Å²) in [5.74, 6) is 2.24. The molecule has 0 spiro atoms. The van der Waals surface area contributed by atoms with Crippen LogP contribution in [0.2, 0.25) is 5.02 Å². The van der Waals surface area contributed by atoms with E-state index < -0.39 is 0 Å². The zero-order chi connectivity index (χ0) is 15.0. The van der Waals surface area contributed by atoms with Gasteiger partial charge in [0.2, 0.25) is 0 Å². The van der Waals surface area contributed by atoms with Crippen molar-refractivity contribution in [3.63, 3.8) is 0 Å². The van der Waals surface area contributed by atoms with Gasteiger partial charge in [-0.05, 0) is 30.0 Å². The Morgan fingerprint density at radius 1 is 1.25 bits per heavy atom. The van der Waals surface area contributed by atoms with Gasteiger partial charge >= 0.3 is 0 Å². The molecule has 0 bridgehead atoms. The van der Waals surface area contributed by atoms with Crippen LogP contribution >= 0.6 is 23.2 Å². The Bertz CT molecular complexity index is 408. The van der Waals surface area contributed by atoms with Crippen LogP contribution in [0.1, 0.15) is 45.1 Å². The lowest BCUT2D eigenvalue weighted by atomic mass is 10.0. The molecule has 0 saturated heterocycles. The predicted octanol–water partition coefficient (Wildman–Crippen LogP) is 5.68. The van der Waals surface area contributed by atoms with Crippen LogP contribution in [0.3, 0.4) is 0 Å². The first-order valence-electron chi connectivity index (χ1n) is 7.21. The maximum atomic E-state index is 6.26. The lowest BCUT2D eigenvalue weighted by Gasteiger charge is -2.18. The van der Waals surface area contributed by atoms with Crippen LogP contribution in [-0.4, -0.2) is 13.7 Å². The summed E-state index contributed by atoms with van der Waals surface area (Å²) in [6, 6.07) is 3.71. The summed E-state index contributed by atoms with van der Waals surface area (Å²) >= 11 is 12.1. The number of benzene rings is 1. The van der Waals surface area contributed by atoms with Crippen LogP contribution in [0.4, 0.5) is 0 Å². The van der Waals surface area contributed by atoms with E-state index >= 15 is 0 Å². The summed E-state index contributed by atoms with van der Waals surface area (Å²) < 4.78 is 11.3. The molecule has 0 N–H and O–H groups in total. The lowest BCUT2D eigenvalue weighted by molar-refractivity contribution is 0.224. The molecule has 1 aromatic carbocycles. The van der Waals surface area contributed by atoms with Gasteiger partial charge in [-0.25, -0.2) is 0 Å². The first-order chi connectivity index (χ1) is 9.65. The molecule has 0 aliphatic rings. The van der Waals surface area contributed by atoms with Crippen LogP contribution in [0.5, 0.6) is 11.5 Å². The number of ether oxygens (including phenoxy) is 2. The molecule has 4 heteroatoms. The molecule has 0 aliphatic carbocycles. The van der Waals surface area contributed by atoms with Gasteiger partial charge in [0.05, 0.1) is 18.7 Å². The van der Waals surface area contributed by atoms with Crippen molar-refractivity contribution in [3.8, 4) is 11.5 Å². The summed E-state index contributed by atoms with van der Waals surface area (Å²) in [5, 5.41) is 0.561. The van der Waals surface area contributed by atoms with Crippen molar-refractivity contribution in [2.75, 3.05) is 13.7 Å². The Balaban J connectivity index is 2.75. The summed E-state index contributed by atoms with van der Waals surface area (Å²) in [5.41, 5.74) is 0.930. The van der Waals surface area contributed by atoms with E-state index in [0.29, 0.717) is 34.9 Å². The minimum atomic E-state index is 0.407. The Morgan fingerprint density at radius 3 is 2.55 bits per heavy atom. The van der Waals surface area contributed by atoms with Crippen LogP contribution in [0.25, 0.3) is 0 Å². The van der Waals surface area contributed by atoms with E-state index in [9.17, 15) is 0 Å². The predicted molar refractivity (Wildman–Crippen MR) is 86.4 cm³/mol. The average Bonchev–Trinajstić information content (AvgIpc) is 2.47. The molecule has 0 aliphatic heterocycles. The van der Waals surface area contributed by atoms with E-state index in [1.807, 2.05) is 12.1 Å². The highest BCUT2D eigenvalue weighted by Crippen LogP contribution is 2.37. The monoisotopic (exact) mass is 318 g/mol. The topological polar surface area (TPSA) is 18.5 Å². The molecule has 0 saturated carbocycles. The highest BCUT2D eigenvalue weighted by atomic mass is 35.5. The second-order valence-corrected chi connectivity index (χ2v) is 5.64. The molecular weight excluding hydrogens is 295 g/mol. The van der Waals surface area contributed by atoms with Crippen molar-refractivity contribution in [3.05, 3.63) is 22.7 Å². The van der Waals surface area contributed by atoms with E-state index in [0.717, 1.165) is 12.0 Å². The van der Waals surface area contributed by atoms with Gasteiger partial charge in [0.25, 0.3) is 0 Å². The summed E-state index contributed by atoms with van der Waals surface area (Å²) in [7, 11) is 1.62. The molecule has 114 valence electrons. The number of halogens is 2. The quantitative estimate of drug-likeness (QED) is 0.545. The third-order valence-corrected chi connectivity index (χ3v) is 4.04. The minimum Gasteiger partial charge on any atom is -0.493 e. The fourth-order valence-corrected chi connectivity index (χ4v) is 2.53. The standard InChI is InChI=1S/C16H24Cl2O2/c1-4-6-7-12(5-2)11-20-16-14(18)8-13(10-17)9-15(16)19-3/h8-9,12H,4-7,10-11H2,1-3H3. The number of methoxy groups -OCH3 is 1. The average molecular weight is 319 g/mol. The molecule has 2 nitrogen and oxygen atoms in total. The van der Waals surface area contributed by atoms with Gasteiger partial charge in [0.1, 0.15) is 0 Å². The summed E-state index contributed by atoms with van der Waals surface area (Å²) in [4.78, 5) is 0. The van der Waals surface area contributed by atoms with Gasteiger partial charge in [-0.1, -0.05) is 44.7 Å². The van der Waals surface area contributed by atoms with Crippen molar-refractivity contribution < 1.29 is 9.47 Å². The van der Waals surface area contributed by atoms with Crippen molar-refractivity contribution in [2.45, 2.75) is 45.4 Å². The first kappa shape index (κ1) is 17.5. The van der Waals surface area contributed by atoms with Gasteiger partial charge in [0, 0.05) is 5.88 Å². The Labute approximate surface area is 132 Å². The van der Waals surface area contributed by atoms with E-state index in [1.54, 1.807) is 7.11 Å². The molecule has 1 unspecified atom stereocenters. The molecule has 0 heterocycles. The van der Waals surface area contributed by atoms with Crippen molar-refractivity contribution in [1.29, 1.82) is 0 Å². The lowest BCUT2D eigenvalue weighted by Crippen LogP contribution is -2.12. The Hall–Kier alpha value is -0.600. The molecule has 0 amide bonds. The molecule has 0 aromatic heterocycles. The maximum Gasteiger partial charge on any atom is 0.179 e. The molecule has 1 aromatic rings. The summed E-state index contributed by atoms with van der Waals surface area (Å²) in [6.45, 7) is 5.07. The highest BCUT2D eigenvalue weighted by Gasteiger charge is 2.14. The van der Waals surface area contributed by atoms with Crippen LogP contribution in [0, 0.1) is 5.92 Å². The SMILES string of the molecule is CCCCC(CC)COc1c(Cl)cc(CCl)cc1OC. The van der Waals surface area contributed by atoms with Crippen LogP contribution in [-0.2, 0) is 5.88 Å². The fraction of sp³-hybridized carbons (Fsp3) is 0.625. The van der Waals surface area contributed by atoms with Gasteiger partial charge < -0.3 is 9.47 Å². The summed E-state index contributed by atoms with van der Waals surface area (Å²) in [6.07, 6.45) is 4.75. The zero-order valence-corrected chi connectivity index (χ0v) is 14.1. The minimum absolute atomic E-state index is 0.407. The first-order valence-corrected chi connectivity index (χ1v) is 8.12. The molecular formula is C16H24Cl2O2. The van der Waals surface area contributed by atoms with Gasteiger partial charge in [0.15, 0.2) is 11.5 Å². The van der Waals surface area contributed by atoms with E-state index in [4.69, 9.17) is 32.7 Å². The van der Waals surface area contributed by atoms with Crippen LogP contribution in [0.15, 0.2) is 12.1 Å². The number of hydrogen-bond acceptors (Lipinski definition) is 2. The third kappa shape index (κ3) is 5.06. The zero-order valence-electron chi connectivity index (χ0n) is 12.5. The van der Waals surface area contributed by atoms with Crippen molar-refractivity contribution >= 4 is 23.2 Å². The molecule has 1 rings (SSSR count). The molecule has 0 radical (unpaired) electrons. The third-order valence-electron chi connectivity index (χ3n) is 3.45. The van der Waals surface area contributed by atoms with E-state index in [2.05, 4.69) is 13.8 Å². The van der Waals surface area contributed by atoms with E-state index in [1.165, 1.54) is 19.3 Å². The second kappa shape index (κ2) is 9.36. The highest BCUT2D eigenvalue weighted by molar-refractivity contribution is 6.32. The van der Waals surface area contributed by atoms with E-state index in [-0.39, 0.29) is 0 Å². The largest absolute Gasteiger partial charge is 0.493 e. The van der Waals surface area contributed by atoms with Crippen molar-refractivity contribution in [2.24, 2.45) is 5.92 Å². The van der Waals surface area contributed by atoms with Crippen molar-refractivity contribution in [1.82, 2.24) is 0 Å². The fourth-order valence-electron chi connectivity index (χ4n) is 2.09. The smallest absolute Gasteiger partial charge is 0.179 e. The molecule has 20 heavy (non-hydrogen) atoms. The maximum absolute atomic E-state index is 6.26. The molecule has 0 fully saturated rings. The molecule has 1 atom stereocenters. The van der Waals surface area contributed by atoms with Gasteiger partial charge in [-0.2, -0.15) is 0 Å². The number of alkyl halides is 1. The second-order valence-electron chi connectivity index (χ2n) is 4.97. The van der Waals surface area contributed by atoms with Gasteiger partial charge in [-0.15, -0.1) is 11.6 Å². The van der Waals surface area contributed by atoms with Gasteiger partial charge in [-0.3, -0.25) is 0 Å². The normalized spacial score (nSPS) is 12.2.